The van der Waals surface area contributed by atoms with Gasteiger partial charge in [-0.25, -0.2) is 0 Å². The van der Waals surface area contributed by atoms with Crippen LogP contribution in [0.3, 0.4) is 0 Å². The van der Waals surface area contributed by atoms with E-state index in [2.05, 4.69) is 31.0 Å². The first kappa shape index (κ1) is 15.3. The standard InChI is InChI=1S/C16H32N2O/c1-4-16(3)11-15(7-10-19-16)17-12-14(2)13-18-8-5-6-9-18/h14-15,17H,4-13H2,1-3H3. The summed E-state index contributed by atoms with van der Waals surface area (Å²) in [7, 11) is 0. The van der Waals surface area contributed by atoms with E-state index in [1.807, 2.05) is 0 Å². The Balaban J connectivity index is 1.66. The molecule has 2 aliphatic heterocycles. The Hall–Kier alpha value is -0.120. The van der Waals surface area contributed by atoms with Crippen LogP contribution in [0.4, 0.5) is 0 Å². The second kappa shape index (κ2) is 7.05. The number of rotatable bonds is 6. The maximum absolute atomic E-state index is 5.91. The minimum absolute atomic E-state index is 0.105. The SMILES string of the molecule is CCC1(C)CC(NCC(C)CN2CCCC2)CCO1. The fourth-order valence-electron chi connectivity index (χ4n) is 3.39. The summed E-state index contributed by atoms with van der Waals surface area (Å²) in [5.41, 5.74) is 0.105. The molecular formula is C16H32N2O. The maximum atomic E-state index is 5.91. The molecule has 0 spiro atoms. The molecule has 2 aliphatic rings. The summed E-state index contributed by atoms with van der Waals surface area (Å²) in [5, 5.41) is 3.78. The average molecular weight is 268 g/mol. The summed E-state index contributed by atoms with van der Waals surface area (Å²) >= 11 is 0. The Morgan fingerprint density at radius 1 is 1.37 bits per heavy atom. The molecule has 2 saturated heterocycles. The number of ether oxygens (including phenoxy) is 1. The Morgan fingerprint density at radius 2 is 2.11 bits per heavy atom. The van der Waals surface area contributed by atoms with E-state index in [9.17, 15) is 0 Å². The van der Waals surface area contributed by atoms with Gasteiger partial charge < -0.3 is 15.0 Å². The molecule has 3 atom stereocenters. The predicted molar refractivity (Wildman–Crippen MR) is 80.5 cm³/mol. The molecule has 112 valence electrons. The van der Waals surface area contributed by atoms with Crippen LogP contribution in [-0.4, -0.2) is 49.3 Å². The number of nitrogens with zero attached hydrogens (tertiary/aromatic N) is 1. The molecule has 1 N–H and O–H groups in total. The molecule has 2 rings (SSSR count). The van der Waals surface area contributed by atoms with Gasteiger partial charge in [-0.3, -0.25) is 0 Å². The third kappa shape index (κ3) is 4.73. The molecule has 3 unspecified atom stereocenters. The second-order valence-electron chi connectivity index (χ2n) is 6.86. The molecule has 19 heavy (non-hydrogen) atoms. The van der Waals surface area contributed by atoms with E-state index in [1.165, 1.54) is 45.3 Å². The molecule has 0 aromatic carbocycles. The van der Waals surface area contributed by atoms with Crippen molar-refractivity contribution in [1.29, 1.82) is 0 Å². The van der Waals surface area contributed by atoms with Crippen LogP contribution in [0.5, 0.6) is 0 Å². The number of hydrogen-bond donors (Lipinski definition) is 1. The van der Waals surface area contributed by atoms with Crippen molar-refractivity contribution >= 4 is 0 Å². The normalized spacial score (nSPS) is 34.6. The summed E-state index contributed by atoms with van der Waals surface area (Å²) in [6, 6.07) is 0.653. The van der Waals surface area contributed by atoms with E-state index >= 15 is 0 Å². The zero-order chi connectivity index (χ0) is 13.7. The van der Waals surface area contributed by atoms with Gasteiger partial charge in [-0.05, 0) is 64.6 Å². The highest BCUT2D eigenvalue weighted by Crippen LogP contribution is 2.27. The van der Waals surface area contributed by atoms with Crippen molar-refractivity contribution in [3.8, 4) is 0 Å². The van der Waals surface area contributed by atoms with Crippen molar-refractivity contribution in [3.63, 3.8) is 0 Å². The lowest BCUT2D eigenvalue weighted by molar-refractivity contribution is -0.0782. The number of hydrogen-bond acceptors (Lipinski definition) is 3. The summed E-state index contributed by atoms with van der Waals surface area (Å²) in [5.74, 6) is 0.758. The largest absolute Gasteiger partial charge is 0.375 e. The van der Waals surface area contributed by atoms with E-state index in [1.54, 1.807) is 0 Å². The molecule has 0 aromatic heterocycles. The fraction of sp³-hybridized carbons (Fsp3) is 1.00. The molecule has 0 radical (unpaired) electrons. The fourth-order valence-corrected chi connectivity index (χ4v) is 3.39. The lowest BCUT2D eigenvalue weighted by Crippen LogP contribution is -2.46. The molecule has 0 bridgehead atoms. The van der Waals surface area contributed by atoms with Crippen LogP contribution in [0.25, 0.3) is 0 Å². The summed E-state index contributed by atoms with van der Waals surface area (Å²) in [6.45, 7) is 12.8. The van der Waals surface area contributed by atoms with Crippen molar-refractivity contribution in [1.82, 2.24) is 10.2 Å². The minimum atomic E-state index is 0.105. The van der Waals surface area contributed by atoms with Crippen molar-refractivity contribution in [2.45, 2.75) is 64.5 Å². The molecule has 0 saturated carbocycles. The maximum Gasteiger partial charge on any atom is 0.0666 e. The molecule has 3 heteroatoms. The Morgan fingerprint density at radius 3 is 2.79 bits per heavy atom. The number of likely N-dealkylation sites (tertiary alicyclic amines) is 1. The van der Waals surface area contributed by atoms with Gasteiger partial charge in [0.25, 0.3) is 0 Å². The van der Waals surface area contributed by atoms with Crippen molar-refractivity contribution in [3.05, 3.63) is 0 Å². The van der Waals surface area contributed by atoms with Crippen LogP contribution in [0.1, 0.15) is 52.9 Å². The zero-order valence-electron chi connectivity index (χ0n) is 13.1. The monoisotopic (exact) mass is 268 g/mol. The van der Waals surface area contributed by atoms with E-state index < -0.39 is 0 Å². The van der Waals surface area contributed by atoms with Gasteiger partial charge in [0, 0.05) is 19.2 Å². The van der Waals surface area contributed by atoms with E-state index in [-0.39, 0.29) is 5.60 Å². The predicted octanol–water partition coefficient (Wildman–Crippen LogP) is 2.66. The quantitative estimate of drug-likeness (QED) is 0.801. The van der Waals surface area contributed by atoms with Crippen LogP contribution < -0.4 is 5.32 Å². The van der Waals surface area contributed by atoms with Gasteiger partial charge in [-0.15, -0.1) is 0 Å². The second-order valence-corrected chi connectivity index (χ2v) is 6.86. The topological polar surface area (TPSA) is 24.5 Å². The lowest BCUT2D eigenvalue weighted by Gasteiger charge is -2.38. The van der Waals surface area contributed by atoms with Crippen LogP contribution in [0, 0.1) is 5.92 Å². The zero-order valence-corrected chi connectivity index (χ0v) is 13.1. The average Bonchev–Trinajstić information content (AvgIpc) is 2.89. The molecule has 2 fully saturated rings. The minimum Gasteiger partial charge on any atom is -0.375 e. The lowest BCUT2D eigenvalue weighted by atomic mass is 9.89. The van der Waals surface area contributed by atoms with Gasteiger partial charge in [0.15, 0.2) is 0 Å². The Labute approximate surface area is 119 Å². The summed E-state index contributed by atoms with van der Waals surface area (Å²) in [6.07, 6.45) is 6.25. The van der Waals surface area contributed by atoms with Gasteiger partial charge in [0.05, 0.1) is 5.60 Å². The highest BCUT2D eigenvalue weighted by molar-refractivity contribution is 4.86. The molecule has 0 aliphatic carbocycles. The highest BCUT2D eigenvalue weighted by atomic mass is 16.5. The Bertz CT molecular complexity index is 265. The van der Waals surface area contributed by atoms with E-state index in [4.69, 9.17) is 4.74 Å². The smallest absolute Gasteiger partial charge is 0.0666 e. The summed E-state index contributed by atoms with van der Waals surface area (Å²) < 4.78 is 5.91. The first-order chi connectivity index (χ1) is 9.11. The van der Waals surface area contributed by atoms with Crippen LogP contribution in [0.2, 0.25) is 0 Å². The molecular weight excluding hydrogens is 236 g/mol. The van der Waals surface area contributed by atoms with Crippen molar-refractivity contribution in [2.75, 3.05) is 32.8 Å². The highest BCUT2D eigenvalue weighted by Gasteiger charge is 2.31. The van der Waals surface area contributed by atoms with Crippen molar-refractivity contribution in [2.24, 2.45) is 5.92 Å². The summed E-state index contributed by atoms with van der Waals surface area (Å²) in [4.78, 5) is 2.62. The van der Waals surface area contributed by atoms with Crippen molar-refractivity contribution < 1.29 is 4.74 Å². The van der Waals surface area contributed by atoms with E-state index in [0.717, 1.165) is 25.5 Å². The van der Waals surface area contributed by atoms with Crippen LogP contribution >= 0.6 is 0 Å². The molecule has 0 amide bonds. The molecule has 3 nitrogen and oxygen atoms in total. The van der Waals surface area contributed by atoms with Gasteiger partial charge in [-0.1, -0.05) is 13.8 Å². The Kier molecular flexibility index (Phi) is 5.67. The third-order valence-electron chi connectivity index (χ3n) is 4.87. The van der Waals surface area contributed by atoms with E-state index in [0.29, 0.717) is 6.04 Å². The van der Waals surface area contributed by atoms with Crippen LogP contribution in [-0.2, 0) is 4.74 Å². The first-order valence-electron chi connectivity index (χ1n) is 8.21. The van der Waals surface area contributed by atoms with Gasteiger partial charge in [-0.2, -0.15) is 0 Å². The first-order valence-corrected chi connectivity index (χ1v) is 8.21. The number of nitrogens with one attached hydrogen (secondary N) is 1. The molecule has 2 heterocycles. The van der Waals surface area contributed by atoms with Crippen LogP contribution in [0.15, 0.2) is 0 Å². The van der Waals surface area contributed by atoms with Gasteiger partial charge in [0.1, 0.15) is 0 Å². The van der Waals surface area contributed by atoms with Gasteiger partial charge in [0.2, 0.25) is 0 Å². The van der Waals surface area contributed by atoms with Gasteiger partial charge >= 0.3 is 0 Å². The third-order valence-corrected chi connectivity index (χ3v) is 4.87. The molecule has 0 aromatic rings.